The normalized spacial score (nSPS) is 16.6. The van der Waals surface area contributed by atoms with Gasteiger partial charge in [-0.25, -0.2) is 17.9 Å². The van der Waals surface area contributed by atoms with E-state index in [0.717, 1.165) is 5.56 Å². The van der Waals surface area contributed by atoms with Crippen molar-refractivity contribution in [3.63, 3.8) is 0 Å². The third-order valence-corrected chi connectivity index (χ3v) is 6.00. The first-order chi connectivity index (χ1) is 12.9. The second kappa shape index (κ2) is 7.89. The molecule has 1 unspecified atom stereocenters. The summed E-state index contributed by atoms with van der Waals surface area (Å²) < 4.78 is 26.8. The van der Waals surface area contributed by atoms with Crippen LogP contribution in [0.25, 0.3) is 0 Å². The van der Waals surface area contributed by atoms with Crippen molar-refractivity contribution in [1.29, 1.82) is 0 Å². The first kappa shape index (κ1) is 19.1. The highest BCUT2D eigenvalue weighted by Crippen LogP contribution is 2.30. The first-order valence-corrected chi connectivity index (χ1v) is 10.0. The topological polar surface area (TPSA) is 104 Å². The van der Waals surface area contributed by atoms with E-state index in [1.807, 2.05) is 12.1 Å². The fourth-order valence-electron chi connectivity index (χ4n) is 3.22. The Labute approximate surface area is 157 Å². The van der Waals surface area contributed by atoms with Crippen LogP contribution in [0, 0.1) is 0 Å². The van der Waals surface area contributed by atoms with Gasteiger partial charge in [0.05, 0.1) is 4.90 Å². The summed E-state index contributed by atoms with van der Waals surface area (Å²) in [4.78, 5) is 25.7. The average molecular weight is 388 g/mol. The van der Waals surface area contributed by atoms with Crippen LogP contribution in [0.2, 0.25) is 0 Å². The molecule has 0 radical (unpaired) electrons. The third kappa shape index (κ3) is 4.17. The molecule has 27 heavy (non-hydrogen) atoms. The number of carbonyl (C=O) groups is 2. The lowest BCUT2D eigenvalue weighted by Crippen LogP contribution is -2.44. The number of benzene rings is 2. The maximum absolute atomic E-state index is 12.6. The second-order valence-corrected chi connectivity index (χ2v) is 8.00. The van der Waals surface area contributed by atoms with Crippen molar-refractivity contribution in [3.05, 3.63) is 65.7 Å². The molecule has 1 aliphatic rings. The molecule has 0 fully saturated rings. The summed E-state index contributed by atoms with van der Waals surface area (Å²) in [5.41, 5.74) is 1.52. The Kier molecular flexibility index (Phi) is 5.57. The molecule has 1 atom stereocenters. The number of sulfonamides is 1. The summed E-state index contributed by atoms with van der Waals surface area (Å²) in [6.07, 6.45) is 0.458. The van der Waals surface area contributed by atoms with E-state index in [-0.39, 0.29) is 24.4 Å². The minimum Gasteiger partial charge on any atom is -0.479 e. The van der Waals surface area contributed by atoms with Gasteiger partial charge in [0.15, 0.2) is 6.04 Å². The zero-order valence-electron chi connectivity index (χ0n) is 14.5. The molecule has 2 aromatic rings. The van der Waals surface area contributed by atoms with Gasteiger partial charge in [0.2, 0.25) is 15.9 Å². The number of rotatable bonds is 6. The molecule has 3 rings (SSSR count). The van der Waals surface area contributed by atoms with E-state index < -0.39 is 27.9 Å². The lowest BCUT2D eigenvalue weighted by Gasteiger charge is -2.34. The third-order valence-electron chi connectivity index (χ3n) is 4.52. The van der Waals surface area contributed by atoms with Crippen LogP contribution in [-0.2, 0) is 26.0 Å². The second-order valence-electron chi connectivity index (χ2n) is 6.24. The van der Waals surface area contributed by atoms with Crippen molar-refractivity contribution < 1.29 is 23.1 Å². The van der Waals surface area contributed by atoms with Crippen LogP contribution in [0.5, 0.6) is 0 Å². The van der Waals surface area contributed by atoms with Gasteiger partial charge in [0.25, 0.3) is 0 Å². The summed E-state index contributed by atoms with van der Waals surface area (Å²) >= 11 is 0. The van der Waals surface area contributed by atoms with Crippen molar-refractivity contribution >= 4 is 21.9 Å². The molecule has 0 spiro atoms. The van der Waals surface area contributed by atoms with Gasteiger partial charge >= 0.3 is 5.97 Å². The number of hydrogen-bond acceptors (Lipinski definition) is 4. The van der Waals surface area contributed by atoms with Gasteiger partial charge < -0.3 is 10.0 Å². The molecular weight excluding hydrogens is 368 g/mol. The predicted molar refractivity (Wildman–Crippen MR) is 98.5 cm³/mol. The molecule has 2 N–H and O–H groups in total. The van der Waals surface area contributed by atoms with Crippen LogP contribution in [0.3, 0.4) is 0 Å². The molecule has 0 saturated carbocycles. The molecule has 1 heterocycles. The maximum atomic E-state index is 12.6. The van der Waals surface area contributed by atoms with Crippen LogP contribution in [0.4, 0.5) is 0 Å². The molecule has 142 valence electrons. The molecule has 2 aromatic carbocycles. The van der Waals surface area contributed by atoms with Gasteiger partial charge in [-0.1, -0.05) is 42.5 Å². The largest absolute Gasteiger partial charge is 0.479 e. The Balaban J connectivity index is 1.67. The fourth-order valence-corrected chi connectivity index (χ4v) is 4.27. The molecule has 0 aliphatic carbocycles. The van der Waals surface area contributed by atoms with E-state index in [1.165, 1.54) is 17.0 Å². The lowest BCUT2D eigenvalue weighted by atomic mass is 9.92. The van der Waals surface area contributed by atoms with E-state index in [4.69, 9.17) is 0 Å². The monoisotopic (exact) mass is 388 g/mol. The lowest BCUT2D eigenvalue weighted by molar-refractivity contribution is -0.151. The zero-order chi connectivity index (χ0) is 19.4. The van der Waals surface area contributed by atoms with E-state index in [0.29, 0.717) is 12.0 Å². The minimum absolute atomic E-state index is 0.0967. The number of carboxylic acids is 1. The van der Waals surface area contributed by atoms with E-state index >= 15 is 0 Å². The number of amides is 1. The van der Waals surface area contributed by atoms with Gasteiger partial charge in [-0.3, -0.25) is 4.79 Å². The molecule has 0 saturated heterocycles. The number of carboxylic acid groups (broad SMARTS) is 1. The van der Waals surface area contributed by atoms with Crippen LogP contribution in [0.1, 0.15) is 23.6 Å². The molecule has 8 heteroatoms. The van der Waals surface area contributed by atoms with Crippen LogP contribution in [-0.4, -0.2) is 43.4 Å². The Morgan fingerprint density at radius 2 is 1.74 bits per heavy atom. The molecular formula is C19H20N2O5S. The van der Waals surface area contributed by atoms with Crippen molar-refractivity contribution in [2.24, 2.45) is 0 Å². The smallest absolute Gasteiger partial charge is 0.331 e. The van der Waals surface area contributed by atoms with Gasteiger partial charge in [0.1, 0.15) is 0 Å². The highest BCUT2D eigenvalue weighted by Gasteiger charge is 2.35. The zero-order valence-corrected chi connectivity index (χ0v) is 15.4. The summed E-state index contributed by atoms with van der Waals surface area (Å²) in [7, 11) is -3.70. The first-order valence-electron chi connectivity index (χ1n) is 8.55. The van der Waals surface area contributed by atoms with Crippen molar-refractivity contribution in [3.8, 4) is 0 Å². The molecule has 7 nitrogen and oxygen atoms in total. The van der Waals surface area contributed by atoms with E-state index in [2.05, 4.69) is 4.72 Å². The molecule has 0 bridgehead atoms. The molecule has 1 amide bonds. The number of fused-ring (bicyclic) bond motifs is 1. The Morgan fingerprint density at radius 3 is 2.44 bits per heavy atom. The van der Waals surface area contributed by atoms with Crippen LogP contribution >= 0.6 is 0 Å². The SMILES string of the molecule is O=C(O)C1c2ccccc2CCN1C(=O)CCNS(=O)(=O)c1ccccc1. The quantitative estimate of drug-likeness (QED) is 0.782. The summed E-state index contributed by atoms with van der Waals surface area (Å²) in [6.45, 7) is 0.193. The summed E-state index contributed by atoms with van der Waals surface area (Å²) in [6, 6.07) is 14.0. The van der Waals surface area contributed by atoms with E-state index in [1.54, 1.807) is 30.3 Å². The number of nitrogens with one attached hydrogen (secondary N) is 1. The number of aliphatic carboxylic acids is 1. The van der Waals surface area contributed by atoms with Crippen molar-refractivity contribution in [2.45, 2.75) is 23.8 Å². The van der Waals surface area contributed by atoms with Crippen molar-refractivity contribution in [2.75, 3.05) is 13.1 Å². The number of nitrogens with zero attached hydrogens (tertiary/aromatic N) is 1. The van der Waals surface area contributed by atoms with Crippen molar-refractivity contribution in [1.82, 2.24) is 9.62 Å². The maximum Gasteiger partial charge on any atom is 0.331 e. The number of hydrogen-bond donors (Lipinski definition) is 2. The molecule has 0 aromatic heterocycles. The Hall–Kier alpha value is -2.71. The van der Waals surface area contributed by atoms with Gasteiger partial charge in [0, 0.05) is 19.5 Å². The highest BCUT2D eigenvalue weighted by molar-refractivity contribution is 7.89. The predicted octanol–water partition coefficient (Wildman–Crippen LogP) is 1.57. The van der Waals surface area contributed by atoms with Crippen LogP contribution in [0.15, 0.2) is 59.5 Å². The van der Waals surface area contributed by atoms with Gasteiger partial charge in [-0.2, -0.15) is 0 Å². The fraction of sp³-hybridized carbons (Fsp3) is 0.263. The van der Waals surface area contributed by atoms with Gasteiger partial charge in [-0.15, -0.1) is 0 Å². The van der Waals surface area contributed by atoms with Gasteiger partial charge in [-0.05, 0) is 29.7 Å². The van der Waals surface area contributed by atoms with Crippen LogP contribution < -0.4 is 4.72 Å². The standard InChI is InChI=1S/C19H20N2O5S/c22-17(10-12-20-27(25,26)15-7-2-1-3-8-15)21-13-11-14-6-4-5-9-16(14)18(21)19(23)24/h1-9,18,20H,10-13H2,(H,23,24). The Bertz CT molecular complexity index is 944. The molecule has 1 aliphatic heterocycles. The highest BCUT2D eigenvalue weighted by atomic mass is 32.2. The minimum atomic E-state index is -3.70. The number of carbonyl (C=O) groups excluding carboxylic acids is 1. The average Bonchev–Trinajstić information content (AvgIpc) is 2.67. The summed E-state index contributed by atoms with van der Waals surface area (Å²) in [5, 5.41) is 9.60. The summed E-state index contributed by atoms with van der Waals surface area (Å²) in [5.74, 6) is -1.49. The Morgan fingerprint density at radius 1 is 1.07 bits per heavy atom. The van der Waals surface area contributed by atoms with E-state index in [9.17, 15) is 23.1 Å².